The lowest BCUT2D eigenvalue weighted by molar-refractivity contribution is -0.122. The molecule has 4 aromatic rings. The third-order valence-electron chi connectivity index (χ3n) is 5.91. The fraction of sp³-hybridized carbons (Fsp3) is 0.250. The Morgan fingerprint density at radius 1 is 1.16 bits per heavy atom. The summed E-state index contributed by atoms with van der Waals surface area (Å²) in [4.78, 5) is 25.5. The van der Waals surface area contributed by atoms with Crippen molar-refractivity contribution in [3.8, 4) is 11.3 Å². The Bertz CT molecular complexity index is 1320. The molecule has 7 heteroatoms. The fourth-order valence-corrected chi connectivity index (χ4v) is 4.19. The smallest absolute Gasteiger partial charge is 0.293 e. The highest BCUT2D eigenvalue weighted by molar-refractivity contribution is 5.76. The third-order valence-corrected chi connectivity index (χ3v) is 5.91. The van der Waals surface area contributed by atoms with Gasteiger partial charge in [0.2, 0.25) is 5.91 Å². The van der Waals surface area contributed by atoms with E-state index in [0.29, 0.717) is 11.2 Å². The molecule has 1 N–H and O–H groups in total. The number of aromatic nitrogens is 4. The van der Waals surface area contributed by atoms with Gasteiger partial charge in [0.25, 0.3) is 5.56 Å². The maximum Gasteiger partial charge on any atom is 0.293 e. The average Bonchev–Trinajstić information content (AvgIpc) is 3.41. The van der Waals surface area contributed by atoms with E-state index >= 15 is 0 Å². The highest BCUT2D eigenvalue weighted by Crippen LogP contribution is 2.30. The summed E-state index contributed by atoms with van der Waals surface area (Å²) in [5.41, 5.74) is 5.35. The summed E-state index contributed by atoms with van der Waals surface area (Å²) in [6, 6.07) is 18.0. The van der Waals surface area contributed by atoms with Crippen LogP contribution < -0.4 is 10.9 Å². The minimum Gasteiger partial charge on any atom is -0.348 e. The Hall–Kier alpha value is -3.74. The van der Waals surface area contributed by atoms with E-state index in [1.807, 2.05) is 30.3 Å². The first-order valence-corrected chi connectivity index (χ1v) is 10.5. The number of nitrogens with one attached hydrogen (secondary N) is 1. The van der Waals surface area contributed by atoms with Gasteiger partial charge in [-0.2, -0.15) is 10.2 Å². The van der Waals surface area contributed by atoms with Crippen LogP contribution in [0.15, 0.2) is 65.7 Å². The first-order chi connectivity index (χ1) is 15.1. The monoisotopic (exact) mass is 413 g/mol. The molecule has 2 heterocycles. The van der Waals surface area contributed by atoms with Crippen LogP contribution in [0.2, 0.25) is 0 Å². The van der Waals surface area contributed by atoms with Crippen molar-refractivity contribution in [2.75, 3.05) is 0 Å². The topological polar surface area (TPSA) is 81.3 Å². The van der Waals surface area contributed by atoms with Gasteiger partial charge in [0.15, 0.2) is 0 Å². The first kappa shape index (κ1) is 19.2. The van der Waals surface area contributed by atoms with Gasteiger partial charge in [-0.05, 0) is 42.0 Å². The molecule has 0 saturated carbocycles. The molecule has 5 rings (SSSR count). The van der Waals surface area contributed by atoms with Crippen LogP contribution >= 0.6 is 0 Å². The Kier molecular flexibility index (Phi) is 4.86. The van der Waals surface area contributed by atoms with Gasteiger partial charge in [0.05, 0.1) is 11.7 Å². The van der Waals surface area contributed by atoms with Crippen molar-refractivity contribution in [2.24, 2.45) is 0 Å². The Labute approximate surface area is 179 Å². The van der Waals surface area contributed by atoms with Crippen molar-refractivity contribution in [1.29, 1.82) is 0 Å². The molecule has 0 bridgehead atoms. The summed E-state index contributed by atoms with van der Waals surface area (Å²) >= 11 is 0. The van der Waals surface area contributed by atoms with E-state index in [-0.39, 0.29) is 24.1 Å². The van der Waals surface area contributed by atoms with Crippen molar-refractivity contribution < 1.29 is 4.79 Å². The maximum absolute atomic E-state index is 12.9. The molecule has 1 amide bonds. The molecule has 1 aliphatic rings. The van der Waals surface area contributed by atoms with E-state index in [4.69, 9.17) is 0 Å². The van der Waals surface area contributed by atoms with Gasteiger partial charge in [-0.3, -0.25) is 9.59 Å². The summed E-state index contributed by atoms with van der Waals surface area (Å²) in [6.07, 6.45) is 4.26. The number of carbonyl (C=O) groups is 1. The van der Waals surface area contributed by atoms with Crippen LogP contribution in [0.3, 0.4) is 0 Å². The number of amides is 1. The van der Waals surface area contributed by atoms with E-state index in [1.165, 1.54) is 26.7 Å². The second-order valence-electron chi connectivity index (χ2n) is 7.86. The average molecular weight is 413 g/mol. The van der Waals surface area contributed by atoms with E-state index in [2.05, 4.69) is 40.6 Å². The van der Waals surface area contributed by atoms with Crippen LogP contribution in [0.1, 0.15) is 36.1 Å². The van der Waals surface area contributed by atoms with E-state index in [1.54, 1.807) is 6.07 Å². The zero-order valence-corrected chi connectivity index (χ0v) is 17.3. The molecule has 0 aliphatic heterocycles. The van der Waals surface area contributed by atoms with Crippen molar-refractivity contribution >= 4 is 11.4 Å². The number of hydrogen-bond donors (Lipinski definition) is 1. The summed E-state index contributed by atoms with van der Waals surface area (Å²) < 4.78 is 2.66. The van der Waals surface area contributed by atoms with E-state index in [9.17, 15) is 9.59 Å². The molecule has 0 fully saturated rings. The molecule has 1 atom stereocenters. The van der Waals surface area contributed by atoms with E-state index in [0.717, 1.165) is 30.4 Å². The minimum atomic E-state index is -0.339. The number of nitrogens with zero attached hydrogens (tertiary/aromatic N) is 4. The predicted molar refractivity (Wildman–Crippen MR) is 118 cm³/mol. The van der Waals surface area contributed by atoms with Crippen LogP contribution in [0, 0.1) is 0 Å². The Morgan fingerprint density at radius 2 is 1.97 bits per heavy atom. The number of aryl methyl sites for hydroxylation is 2. The second kappa shape index (κ2) is 7.83. The van der Waals surface area contributed by atoms with Crippen LogP contribution in [-0.4, -0.2) is 25.3 Å². The number of hydrogen-bond acceptors (Lipinski definition) is 4. The fourth-order valence-electron chi connectivity index (χ4n) is 4.19. The Balaban J connectivity index is 1.36. The predicted octanol–water partition coefficient (Wildman–Crippen LogP) is 2.92. The van der Waals surface area contributed by atoms with Gasteiger partial charge in [-0.25, -0.2) is 9.20 Å². The zero-order valence-electron chi connectivity index (χ0n) is 17.3. The van der Waals surface area contributed by atoms with Gasteiger partial charge < -0.3 is 5.32 Å². The van der Waals surface area contributed by atoms with Gasteiger partial charge in [0.1, 0.15) is 18.4 Å². The summed E-state index contributed by atoms with van der Waals surface area (Å²) in [5, 5.41) is 11.7. The molecule has 0 radical (unpaired) electrons. The summed E-state index contributed by atoms with van der Waals surface area (Å²) in [5.74, 6) is -0.226. The quantitative estimate of drug-likeness (QED) is 0.545. The van der Waals surface area contributed by atoms with Gasteiger partial charge in [0, 0.05) is 5.56 Å². The lowest BCUT2D eigenvalue weighted by atomic mass is 10.1. The van der Waals surface area contributed by atoms with E-state index < -0.39 is 0 Å². The molecule has 2 aromatic carbocycles. The van der Waals surface area contributed by atoms with Crippen molar-refractivity contribution in [3.63, 3.8) is 0 Å². The minimum absolute atomic E-state index is 0.0178. The number of benzene rings is 2. The molecule has 2 aromatic heterocycles. The molecule has 7 nitrogen and oxygen atoms in total. The lowest BCUT2D eigenvalue weighted by Crippen LogP contribution is -2.35. The van der Waals surface area contributed by atoms with Gasteiger partial charge in [-0.15, -0.1) is 0 Å². The van der Waals surface area contributed by atoms with Crippen LogP contribution in [-0.2, 0) is 24.2 Å². The Morgan fingerprint density at radius 3 is 2.77 bits per heavy atom. The third kappa shape index (κ3) is 3.63. The number of rotatable bonds is 5. The molecule has 0 saturated heterocycles. The highest BCUT2D eigenvalue weighted by Gasteiger charge is 2.23. The second-order valence-corrected chi connectivity index (χ2v) is 7.86. The molecular weight excluding hydrogens is 390 g/mol. The number of carbonyl (C=O) groups excluding carboxylic acids is 1. The molecule has 1 aliphatic carbocycles. The summed E-state index contributed by atoms with van der Waals surface area (Å²) in [7, 11) is 0. The van der Waals surface area contributed by atoms with Gasteiger partial charge >= 0.3 is 0 Å². The number of fused-ring (bicyclic) bond motifs is 2. The molecule has 156 valence electrons. The van der Waals surface area contributed by atoms with Gasteiger partial charge in [-0.1, -0.05) is 55.5 Å². The standard InChI is InChI=1S/C24H23N5O2/c1-2-16-7-9-18(10-8-16)21-13-22-24(31)28(25-15-29(22)27-21)14-23(30)26-20-12-11-17-5-3-4-6-19(17)20/h3-10,13,15,20H,2,11-12,14H2,1H3,(H,26,30). The van der Waals surface area contributed by atoms with Crippen molar-refractivity contribution in [2.45, 2.75) is 38.8 Å². The molecular formula is C24H23N5O2. The van der Waals surface area contributed by atoms with Crippen molar-refractivity contribution in [3.05, 3.63) is 88.0 Å². The lowest BCUT2D eigenvalue weighted by Gasteiger charge is -2.14. The molecule has 1 unspecified atom stereocenters. The summed E-state index contributed by atoms with van der Waals surface area (Å²) in [6.45, 7) is 1.98. The highest BCUT2D eigenvalue weighted by atomic mass is 16.2. The normalized spacial score (nSPS) is 15.2. The van der Waals surface area contributed by atoms with Crippen LogP contribution in [0.4, 0.5) is 0 Å². The zero-order chi connectivity index (χ0) is 21.4. The van der Waals surface area contributed by atoms with Crippen LogP contribution in [0.25, 0.3) is 16.8 Å². The van der Waals surface area contributed by atoms with Crippen LogP contribution in [0.5, 0.6) is 0 Å². The molecule has 31 heavy (non-hydrogen) atoms. The SMILES string of the molecule is CCc1ccc(-c2cc3c(=O)n(CC(=O)NC4CCc5ccccc54)ncn3n2)cc1. The largest absolute Gasteiger partial charge is 0.348 e. The van der Waals surface area contributed by atoms with Crippen molar-refractivity contribution in [1.82, 2.24) is 24.7 Å². The molecule has 0 spiro atoms. The first-order valence-electron chi connectivity index (χ1n) is 10.5. The maximum atomic E-state index is 12.9.